The lowest BCUT2D eigenvalue weighted by Crippen LogP contribution is -2.06. The lowest BCUT2D eigenvalue weighted by molar-refractivity contribution is -0.114. The van der Waals surface area contributed by atoms with Crippen molar-refractivity contribution in [3.63, 3.8) is 0 Å². The summed E-state index contributed by atoms with van der Waals surface area (Å²) in [6, 6.07) is 5.13. The number of amides is 1. The number of nitrogens with two attached hydrogens (primary N) is 1. The van der Waals surface area contributed by atoms with Crippen molar-refractivity contribution in [3.05, 3.63) is 18.2 Å². The van der Waals surface area contributed by atoms with Crippen LogP contribution in [0.25, 0.3) is 0 Å². The fourth-order valence-corrected chi connectivity index (χ4v) is 2.97. The molecule has 6 nitrogen and oxygen atoms in total. The van der Waals surface area contributed by atoms with Gasteiger partial charge in [0.05, 0.1) is 5.75 Å². The van der Waals surface area contributed by atoms with Gasteiger partial charge in [-0.1, -0.05) is 0 Å². The van der Waals surface area contributed by atoms with E-state index in [-0.39, 0.29) is 11.7 Å². The van der Waals surface area contributed by atoms with Crippen molar-refractivity contribution < 1.29 is 17.8 Å². The minimum atomic E-state index is -3.90. The molecular weight excluding hydrogens is 288 g/mol. The first kappa shape index (κ1) is 15.8. The standard InChI is InChI=1S/C11H16N2O4S2/c1-8(14)13-9-3-4-11(10(12)7-9)18-5-2-6-19(15,16)17/h3-4,7H,2,5-6,12H2,1H3,(H,13,14)(H,15,16,17). The highest BCUT2D eigenvalue weighted by molar-refractivity contribution is 7.99. The van der Waals surface area contributed by atoms with Gasteiger partial charge in [-0.15, -0.1) is 11.8 Å². The summed E-state index contributed by atoms with van der Waals surface area (Å²) in [5.74, 6) is 0.0980. The number of thioether (sulfide) groups is 1. The smallest absolute Gasteiger partial charge is 0.264 e. The van der Waals surface area contributed by atoms with E-state index in [0.717, 1.165) is 4.90 Å². The van der Waals surface area contributed by atoms with E-state index in [9.17, 15) is 13.2 Å². The average molecular weight is 304 g/mol. The van der Waals surface area contributed by atoms with E-state index in [1.54, 1.807) is 18.2 Å². The molecule has 4 N–H and O–H groups in total. The number of hydrogen-bond donors (Lipinski definition) is 3. The van der Waals surface area contributed by atoms with Gasteiger partial charge in [-0.05, 0) is 30.4 Å². The number of anilines is 2. The quantitative estimate of drug-likeness (QED) is 0.319. The van der Waals surface area contributed by atoms with Crippen molar-refractivity contribution in [2.24, 2.45) is 0 Å². The number of nitrogens with one attached hydrogen (secondary N) is 1. The molecule has 1 rings (SSSR count). The third-order valence-electron chi connectivity index (χ3n) is 2.13. The monoisotopic (exact) mass is 304 g/mol. The minimum absolute atomic E-state index is 0.173. The van der Waals surface area contributed by atoms with Crippen LogP contribution in [0.4, 0.5) is 11.4 Å². The van der Waals surface area contributed by atoms with Gasteiger partial charge in [0, 0.05) is 23.2 Å². The Hall–Kier alpha value is -1.25. The van der Waals surface area contributed by atoms with Crippen molar-refractivity contribution in [2.45, 2.75) is 18.2 Å². The van der Waals surface area contributed by atoms with Gasteiger partial charge in [-0.2, -0.15) is 8.42 Å². The molecule has 0 saturated carbocycles. The maximum absolute atomic E-state index is 10.9. The average Bonchev–Trinajstić information content (AvgIpc) is 2.24. The molecule has 106 valence electrons. The summed E-state index contributed by atoms with van der Waals surface area (Å²) in [5.41, 5.74) is 6.96. The summed E-state index contributed by atoms with van der Waals surface area (Å²) in [5, 5.41) is 2.62. The van der Waals surface area contributed by atoms with Crippen LogP contribution in [0, 0.1) is 0 Å². The summed E-state index contributed by atoms with van der Waals surface area (Å²) in [6.45, 7) is 1.41. The Morgan fingerprint density at radius 3 is 2.68 bits per heavy atom. The van der Waals surface area contributed by atoms with E-state index in [1.807, 2.05) is 0 Å². The van der Waals surface area contributed by atoms with Gasteiger partial charge in [0.15, 0.2) is 0 Å². The van der Waals surface area contributed by atoms with Crippen LogP contribution >= 0.6 is 11.8 Å². The zero-order valence-corrected chi connectivity index (χ0v) is 12.1. The third-order valence-corrected chi connectivity index (χ3v) is 4.11. The van der Waals surface area contributed by atoms with Gasteiger partial charge in [-0.25, -0.2) is 0 Å². The van der Waals surface area contributed by atoms with Crippen molar-refractivity contribution in [1.29, 1.82) is 0 Å². The van der Waals surface area contributed by atoms with Gasteiger partial charge in [-0.3, -0.25) is 9.35 Å². The molecule has 0 aliphatic heterocycles. The third kappa shape index (κ3) is 6.46. The molecule has 0 spiro atoms. The van der Waals surface area contributed by atoms with Crippen LogP contribution in [0.2, 0.25) is 0 Å². The summed E-state index contributed by atoms with van der Waals surface area (Å²) < 4.78 is 29.7. The first-order chi connectivity index (χ1) is 8.78. The number of nitrogen functional groups attached to an aromatic ring is 1. The van der Waals surface area contributed by atoms with E-state index in [1.165, 1.54) is 18.7 Å². The summed E-state index contributed by atoms with van der Waals surface area (Å²) in [4.78, 5) is 11.7. The predicted molar refractivity (Wildman–Crippen MR) is 76.9 cm³/mol. The molecule has 1 aromatic rings. The van der Waals surface area contributed by atoms with Crippen LogP contribution in [0.3, 0.4) is 0 Å². The normalized spacial score (nSPS) is 11.3. The van der Waals surface area contributed by atoms with Crippen LogP contribution in [0.1, 0.15) is 13.3 Å². The van der Waals surface area contributed by atoms with Crippen molar-refractivity contribution in [1.82, 2.24) is 0 Å². The molecule has 0 aliphatic rings. The first-order valence-corrected chi connectivity index (χ1v) is 8.12. The van der Waals surface area contributed by atoms with Crippen LogP contribution in [0.5, 0.6) is 0 Å². The molecule has 0 aromatic heterocycles. The van der Waals surface area contributed by atoms with Gasteiger partial charge < -0.3 is 11.1 Å². The minimum Gasteiger partial charge on any atom is -0.398 e. The van der Waals surface area contributed by atoms with E-state index < -0.39 is 10.1 Å². The molecule has 0 heterocycles. The molecule has 0 aliphatic carbocycles. The van der Waals surface area contributed by atoms with E-state index >= 15 is 0 Å². The Kier molecular flexibility index (Phi) is 5.64. The van der Waals surface area contributed by atoms with Crippen molar-refractivity contribution in [3.8, 4) is 0 Å². The first-order valence-electron chi connectivity index (χ1n) is 5.53. The molecule has 8 heteroatoms. The number of hydrogen-bond acceptors (Lipinski definition) is 5. The Morgan fingerprint density at radius 1 is 1.47 bits per heavy atom. The molecule has 0 unspecified atom stereocenters. The molecule has 0 radical (unpaired) electrons. The topological polar surface area (TPSA) is 109 Å². The zero-order valence-electron chi connectivity index (χ0n) is 10.4. The molecule has 1 amide bonds. The second-order valence-corrected chi connectivity index (χ2v) is 6.63. The molecule has 1 aromatic carbocycles. The van der Waals surface area contributed by atoms with Crippen molar-refractivity contribution >= 4 is 39.2 Å². The SMILES string of the molecule is CC(=O)Nc1ccc(SCCCS(=O)(=O)O)c(N)c1. The lowest BCUT2D eigenvalue weighted by atomic mass is 10.3. The fourth-order valence-electron chi connectivity index (χ4n) is 1.38. The molecule has 0 atom stereocenters. The van der Waals surface area contributed by atoms with Gasteiger partial charge in [0.2, 0.25) is 5.91 Å². The molecular formula is C11H16N2O4S2. The Morgan fingerprint density at radius 2 is 2.16 bits per heavy atom. The maximum atomic E-state index is 10.9. The summed E-state index contributed by atoms with van der Waals surface area (Å²) in [7, 11) is -3.90. The zero-order chi connectivity index (χ0) is 14.5. The van der Waals surface area contributed by atoms with E-state index in [2.05, 4.69) is 5.32 Å². The number of carbonyl (C=O) groups is 1. The van der Waals surface area contributed by atoms with E-state index in [0.29, 0.717) is 23.5 Å². The Bertz CT molecular complexity index is 558. The van der Waals surface area contributed by atoms with Gasteiger partial charge >= 0.3 is 0 Å². The fraction of sp³-hybridized carbons (Fsp3) is 0.364. The van der Waals surface area contributed by atoms with Crippen LogP contribution in [-0.2, 0) is 14.9 Å². The number of carbonyl (C=O) groups excluding carboxylic acids is 1. The van der Waals surface area contributed by atoms with Crippen molar-refractivity contribution in [2.75, 3.05) is 22.6 Å². The van der Waals surface area contributed by atoms with Crippen LogP contribution in [0.15, 0.2) is 23.1 Å². The molecule has 19 heavy (non-hydrogen) atoms. The second-order valence-electron chi connectivity index (χ2n) is 3.92. The lowest BCUT2D eigenvalue weighted by Gasteiger charge is -2.08. The predicted octanol–water partition coefficient (Wildman–Crippen LogP) is 1.60. The largest absolute Gasteiger partial charge is 0.398 e. The molecule has 0 fully saturated rings. The maximum Gasteiger partial charge on any atom is 0.264 e. The summed E-state index contributed by atoms with van der Waals surface area (Å²) >= 11 is 1.40. The molecule has 0 saturated heterocycles. The second kappa shape index (κ2) is 6.78. The van der Waals surface area contributed by atoms with Crippen LogP contribution in [-0.4, -0.2) is 30.4 Å². The number of rotatable bonds is 6. The van der Waals surface area contributed by atoms with Crippen LogP contribution < -0.4 is 11.1 Å². The Labute approximate surface area is 116 Å². The Balaban J connectivity index is 2.53. The van der Waals surface area contributed by atoms with Gasteiger partial charge in [0.25, 0.3) is 10.1 Å². The summed E-state index contributed by atoms with van der Waals surface area (Å²) in [6.07, 6.45) is 0.344. The van der Waals surface area contributed by atoms with E-state index in [4.69, 9.17) is 10.3 Å². The van der Waals surface area contributed by atoms with Gasteiger partial charge in [0.1, 0.15) is 0 Å². The number of benzene rings is 1. The molecule has 0 bridgehead atoms. The highest BCUT2D eigenvalue weighted by Gasteiger charge is 2.06. The highest BCUT2D eigenvalue weighted by Crippen LogP contribution is 2.28. The highest BCUT2D eigenvalue weighted by atomic mass is 32.2.